The molecule has 3 aromatic rings. The number of rotatable bonds is 11. The van der Waals surface area contributed by atoms with E-state index in [-0.39, 0.29) is 10.6 Å². The van der Waals surface area contributed by atoms with Gasteiger partial charge in [0.15, 0.2) is 0 Å². The number of anilines is 1. The van der Waals surface area contributed by atoms with Crippen molar-refractivity contribution < 1.29 is 17.6 Å². The second-order valence-electron chi connectivity index (χ2n) is 7.15. The molecule has 1 N–H and O–H groups in total. The van der Waals surface area contributed by atoms with E-state index in [1.54, 1.807) is 30.0 Å². The van der Waals surface area contributed by atoms with Crippen LogP contribution in [0.2, 0.25) is 5.02 Å². The lowest BCUT2D eigenvalue weighted by atomic mass is 10.2. The van der Waals surface area contributed by atoms with Crippen molar-refractivity contribution in [3.63, 3.8) is 0 Å². The molecule has 0 saturated heterocycles. The van der Waals surface area contributed by atoms with Gasteiger partial charge >= 0.3 is 0 Å². The number of benzene rings is 3. The van der Waals surface area contributed by atoms with E-state index in [0.717, 1.165) is 45.0 Å². The number of hydrogen-bond acceptors (Lipinski definition) is 4. The monoisotopic (exact) mass is 506 g/mol. The van der Waals surface area contributed by atoms with E-state index in [9.17, 15) is 17.6 Å². The van der Waals surface area contributed by atoms with Crippen LogP contribution < -0.4 is 9.62 Å². The topological polar surface area (TPSA) is 66.5 Å². The van der Waals surface area contributed by atoms with Gasteiger partial charge in [0.2, 0.25) is 5.91 Å². The van der Waals surface area contributed by atoms with Gasteiger partial charge in [0, 0.05) is 17.3 Å². The average Bonchev–Trinajstić information content (AvgIpc) is 2.82. The predicted molar refractivity (Wildman–Crippen MR) is 133 cm³/mol. The summed E-state index contributed by atoms with van der Waals surface area (Å²) < 4.78 is 40.7. The summed E-state index contributed by atoms with van der Waals surface area (Å²) in [5.41, 5.74) is 1.28. The lowest BCUT2D eigenvalue weighted by molar-refractivity contribution is -0.119. The molecule has 0 atom stereocenters. The van der Waals surface area contributed by atoms with E-state index in [1.165, 1.54) is 24.3 Å². The largest absolute Gasteiger partial charge is 0.354 e. The summed E-state index contributed by atoms with van der Waals surface area (Å²) >= 11 is 7.86. The Morgan fingerprint density at radius 1 is 0.970 bits per heavy atom. The Balaban J connectivity index is 1.56. The van der Waals surface area contributed by atoms with Crippen LogP contribution in [-0.2, 0) is 20.6 Å². The third-order valence-corrected chi connectivity index (χ3v) is 7.99. The molecule has 3 aromatic carbocycles. The van der Waals surface area contributed by atoms with Crippen LogP contribution in [0.4, 0.5) is 10.1 Å². The highest BCUT2D eigenvalue weighted by Crippen LogP contribution is 2.24. The molecular weight excluding hydrogens is 483 g/mol. The van der Waals surface area contributed by atoms with Crippen LogP contribution in [0.25, 0.3) is 0 Å². The fourth-order valence-corrected chi connectivity index (χ4v) is 5.72. The molecule has 174 valence electrons. The molecule has 0 heterocycles. The lowest BCUT2D eigenvalue weighted by Gasteiger charge is -2.24. The Bertz CT molecular complexity index is 1160. The average molecular weight is 507 g/mol. The maximum atomic E-state index is 13.4. The molecule has 3 rings (SSSR count). The number of halogens is 2. The third-order valence-electron chi connectivity index (χ3n) is 4.74. The second kappa shape index (κ2) is 12.1. The number of amides is 1. The van der Waals surface area contributed by atoms with Gasteiger partial charge in [-0.3, -0.25) is 9.10 Å². The quantitative estimate of drug-likeness (QED) is 0.367. The Morgan fingerprint density at radius 2 is 1.64 bits per heavy atom. The summed E-state index contributed by atoms with van der Waals surface area (Å²) in [6.07, 6.45) is 0.725. The highest BCUT2D eigenvalue weighted by Gasteiger charge is 2.27. The molecule has 0 fully saturated rings. The minimum absolute atomic E-state index is 0.0538. The predicted octanol–water partition coefficient (Wildman–Crippen LogP) is 5.11. The first-order valence-electron chi connectivity index (χ1n) is 10.3. The Hall–Kier alpha value is -2.55. The minimum atomic E-state index is -4.00. The van der Waals surface area contributed by atoms with Crippen molar-refractivity contribution in [1.82, 2.24) is 5.32 Å². The molecule has 0 aliphatic heterocycles. The summed E-state index contributed by atoms with van der Waals surface area (Å²) in [7, 11) is -4.00. The maximum Gasteiger partial charge on any atom is 0.264 e. The maximum absolute atomic E-state index is 13.4. The SMILES string of the molecule is O=C(CN(c1ccc(F)cc1)S(=O)(=O)c1ccccc1)NCCCSCc1ccccc1Cl. The molecule has 0 radical (unpaired) electrons. The summed E-state index contributed by atoms with van der Waals surface area (Å²) in [4.78, 5) is 12.6. The van der Waals surface area contributed by atoms with E-state index < -0.39 is 28.3 Å². The fourth-order valence-electron chi connectivity index (χ4n) is 3.03. The molecule has 0 saturated carbocycles. The van der Waals surface area contributed by atoms with Crippen LogP contribution in [0, 0.1) is 5.82 Å². The molecule has 0 unspecified atom stereocenters. The molecule has 9 heteroatoms. The zero-order valence-corrected chi connectivity index (χ0v) is 20.2. The van der Waals surface area contributed by atoms with Crippen LogP contribution in [0.5, 0.6) is 0 Å². The summed E-state index contributed by atoms with van der Waals surface area (Å²) in [5.74, 6) is 0.668. The molecule has 33 heavy (non-hydrogen) atoms. The van der Waals surface area contributed by atoms with E-state index >= 15 is 0 Å². The van der Waals surface area contributed by atoms with Gasteiger partial charge in [-0.1, -0.05) is 48.0 Å². The van der Waals surface area contributed by atoms with Gasteiger partial charge in [0.05, 0.1) is 10.6 Å². The van der Waals surface area contributed by atoms with Crippen molar-refractivity contribution in [2.24, 2.45) is 0 Å². The van der Waals surface area contributed by atoms with Crippen LogP contribution in [0.15, 0.2) is 83.8 Å². The van der Waals surface area contributed by atoms with Crippen molar-refractivity contribution in [3.05, 3.63) is 95.3 Å². The number of nitrogens with zero attached hydrogens (tertiary/aromatic N) is 1. The number of carbonyl (C=O) groups is 1. The Kier molecular flexibility index (Phi) is 9.17. The van der Waals surface area contributed by atoms with E-state index in [1.807, 2.05) is 24.3 Å². The zero-order valence-electron chi connectivity index (χ0n) is 17.8. The van der Waals surface area contributed by atoms with Gasteiger partial charge in [0.1, 0.15) is 12.4 Å². The molecule has 5 nitrogen and oxygen atoms in total. The van der Waals surface area contributed by atoms with Crippen molar-refractivity contribution in [3.8, 4) is 0 Å². The first-order valence-corrected chi connectivity index (χ1v) is 13.3. The summed E-state index contributed by atoms with van der Waals surface area (Å²) in [5, 5.41) is 3.50. The van der Waals surface area contributed by atoms with Gasteiger partial charge in [-0.25, -0.2) is 12.8 Å². The van der Waals surface area contributed by atoms with Gasteiger partial charge in [-0.05, 0) is 60.2 Å². The third kappa shape index (κ3) is 7.22. The van der Waals surface area contributed by atoms with E-state index in [4.69, 9.17) is 11.6 Å². The molecule has 0 aromatic heterocycles. The van der Waals surface area contributed by atoms with Crippen molar-refractivity contribution in [2.45, 2.75) is 17.1 Å². The van der Waals surface area contributed by atoms with E-state index in [0.29, 0.717) is 6.54 Å². The van der Waals surface area contributed by atoms with Gasteiger partial charge in [0.25, 0.3) is 10.0 Å². The van der Waals surface area contributed by atoms with Gasteiger partial charge in [-0.15, -0.1) is 0 Å². The Morgan fingerprint density at radius 3 is 2.33 bits per heavy atom. The molecule has 0 aliphatic carbocycles. The van der Waals surface area contributed by atoms with Crippen LogP contribution in [-0.4, -0.2) is 33.2 Å². The highest BCUT2D eigenvalue weighted by molar-refractivity contribution is 7.98. The number of nitrogens with one attached hydrogen (secondary N) is 1. The first-order chi connectivity index (χ1) is 15.9. The molecular formula is C24H24ClFN2O3S2. The van der Waals surface area contributed by atoms with Gasteiger partial charge < -0.3 is 5.32 Å². The number of carbonyl (C=O) groups excluding carboxylic acids is 1. The van der Waals surface area contributed by atoms with Gasteiger partial charge in [-0.2, -0.15) is 11.8 Å². The summed E-state index contributed by atoms with van der Waals surface area (Å²) in [6.45, 7) is 0.00657. The van der Waals surface area contributed by atoms with Crippen molar-refractivity contribution in [2.75, 3.05) is 23.1 Å². The Labute approximate surface area is 203 Å². The summed E-state index contributed by atoms with van der Waals surface area (Å²) in [6, 6.07) is 20.5. The molecule has 1 amide bonds. The minimum Gasteiger partial charge on any atom is -0.354 e. The second-order valence-corrected chi connectivity index (χ2v) is 10.5. The molecule has 0 bridgehead atoms. The lowest BCUT2D eigenvalue weighted by Crippen LogP contribution is -2.41. The van der Waals surface area contributed by atoms with Crippen LogP contribution in [0.3, 0.4) is 0 Å². The smallest absolute Gasteiger partial charge is 0.264 e. The van der Waals surface area contributed by atoms with E-state index in [2.05, 4.69) is 5.32 Å². The van der Waals surface area contributed by atoms with Crippen LogP contribution in [0.1, 0.15) is 12.0 Å². The number of hydrogen-bond donors (Lipinski definition) is 1. The standard InChI is InChI=1S/C24H24ClFN2O3S2/c25-23-10-5-4-7-19(23)18-32-16-6-15-27-24(29)17-28(21-13-11-20(26)12-14-21)33(30,31)22-8-2-1-3-9-22/h1-5,7-14H,6,15-18H2,(H,27,29). The first kappa shape index (κ1) is 25.1. The van der Waals surface area contributed by atoms with Crippen LogP contribution >= 0.6 is 23.4 Å². The molecule has 0 aliphatic rings. The number of thioether (sulfide) groups is 1. The fraction of sp³-hybridized carbons (Fsp3) is 0.208. The van der Waals surface area contributed by atoms with Crippen molar-refractivity contribution >= 4 is 45.0 Å². The number of sulfonamides is 1. The normalized spacial score (nSPS) is 11.2. The molecule has 0 spiro atoms. The highest BCUT2D eigenvalue weighted by atomic mass is 35.5. The van der Waals surface area contributed by atoms with Crippen molar-refractivity contribution in [1.29, 1.82) is 0 Å². The zero-order chi connectivity index (χ0) is 23.7.